The van der Waals surface area contributed by atoms with Gasteiger partial charge in [0.1, 0.15) is 0 Å². The summed E-state index contributed by atoms with van der Waals surface area (Å²) in [6.45, 7) is 1.77. The first-order chi connectivity index (χ1) is 9.87. The van der Waals surface area contributed by atoms with Crippen molar-refractivity contribution in [2.75, 3.05) is 0 Å². The smallest absolute Gasteiger partial charge is 0.289 e. The van der Waals surface area contributed by atoms with Crippen LogP contribution in [0.5, 0.6) is 0 Å². The second-order valence-electron chi connectivity index (χ2n) is 4.66. The maximum Gasteiger partial charge on any atom is 0.410 e. The molecule has 0 bridgehead atoms. The molecule has 0 aromatic heterocycles. The minimum Gasteiger partial charge on any atom is -0.289 e. The molecule has 0 aliphatic heterocycles. The van der Waals surface area contributed by atoms with E-state index < -0.39 is 12.0 Å². The third-order valence-electron chi connectivity index (χ3n) is 2.92. The third-order valence-corrected chi connectivity index (χ3v) is 2.92. The van der Waals surface area contributed by atoms with Gasteiger partial charge in [0.15, 0.2) is 5.78 Å². The number of aryl methyl sites for hydroxylation is 1. The minimum absolute atomic E-state index is 0.0666. The molecule has 0 saturated heterocycles. The molecule has 108 valence electrons. The highest BCUT2D eigenvalue weighted by Crippen LogP contribution is 2.27. The molecule has 0 aliphatic rings. The highest BCUT2D eigenvalue weighted by atomic mass is 19.4. The summed E-state index contributed by atoms with van der Waals surface area (Å²) in [6.07, 6.45) is -4.49. The van der Waals surface area contributed by atoms with E-state index in [-0.39, 0.29) is 22.8 Å². The van der Waals surface area contributed by atoms with Crippen molar-refractivity contribution in [2.45, 2.75) is 13.1 Å². The van der Waals surface area contributed by atoms with Gasteiger partial charge >= 0.3 is 6.18 Å². The van der Waals surface area contributed by atoms with Gasteiger partial charge in [-0.2, -0.15) is 13.2 Å². The SMILES string of the molecule is Cc1cccc(C(=CC(F)(F)F)C(=O)c2ccccc2)c1. The Morgan fingerprint density at radius 1 is 0.952 bits per heavy atom. The molecule has 0 N–H and O–H groups in total. The van der Waals surface area contributed by atoms with Gasteiger partial charge < -0.3 is 0 Å². The Morgan fingerprint density at radius 2 is 1.57 bits per heavy atom. The molecule has 0 amide bonds. The van der Waals surface area contributed by atoms with E-state index in [1.807, 2.05) is 0 Å². The van der Waals surface area contributed by atoms with Crippen LogP contribution >= 0.6 is 0 Å². The van der Waals surface area contributed by atoms with Crippen LogP contribution in [0.2, 0.25) is 0 Å². The molecule has 0 fully saturated rings. The summed E-state index contributed by atoms with van der Waals surface area (Å²) in [5.41, 5.74) is 0.939. The van der Waals surface area contributed by atoms with Crippen LogP contribution in [0.25, 0.3) is 5.57 Å². The largest absolute Gasteiger partial charge is 0.410 e. The van der Waals surface area contributed by atoms with Crippen molar-refractivity contribution in [3.63, 3.8) is 0 Å². The zero-order valence-corrected chi connectivity index (χ0v) is 11.3. The number of benzene rings is 2. The van der Waals surface area contributed by atoms with E-state index in [9.17, 15) is 18.0 Å². The van der Waals surface area contributed by atoms with E-state index in [2.05, 4.69) is 0 Å². The topological polar surface area (TPSA) is 17.1 Å². The summed E-state index contributed by atoms with van der Waals surface area (Å²) in [5.74, 6) is -0.640. The van der Waals surface area contributed by atoms with E-state index in [1.165, 1.54) is 18.2 Å². The van der Waals surface area contributed by atoms with Gasteiger partial charge in [0.05, 0.1) is 0 Å². The number of ketones is 1. The lowest BCUT2D eigenvalue weighted by atomic mass is 9.95. The van der Waals surface area contributed by atoms with Crippen molar-refractivity contribution in [1.82, 2.24) is 0 Å². The number of carbonyl (C=O) groups is 1. The van der Waals surface area contributed by atoms with Gasteiger partial charge in [-0.3, -0.25) is 4.79 Å². The lowest BCUT2D eigenvalue weighted by Crippen LogP contribution is -2.09. The number of rotatable bonds is 3. The van der Waals surface area contributed by atoms with Crippen LogP contribution in [0.15, 0.2) is 60.7 Å². The molecule has 2 aromatic carbocycles. The fourth-order valence-corrected chi connectivity index (χ4v) is 2.00. The van der Waals surface area contributed by atoms with Crippen LogP contribution in [0.3, 0.4) is 0 Å². The van der Waals surface area contributed by atoms with Crippen molar-refractivity contribution in [3.05, 3.63) is 77.4 Å². The van der Waals surface area contributed by atoms with Crippen molar-refractivity contribution in [3.8, 4) is 0 Å². The fourth-order valence-electron chi connectivity index (χ4n) is 2.00. The molecule has 0 radical (unpaired) electrons. The molecule has 21 heavy (non-hydrogen) atoms. The number of hydrogen-bond acceptors (Lipinski definition) is 1. The molecule has 2 aromatic rings. The molecule has 2 rings (SSSR count). The van der Waals surface area contributed by atoms with E-state index in [0.29, 0.717) is 0 Å². The molecule has 0 unspecified atom stereocenters. The summed E-state index contributed by atoms with van der Waals surface area (Å²) >= 11 is 0. The lowest BCUT2D eigenvalue weighted by molar-refractivity contribution is -0.0793. The number of allylic oxidation sites excluding steroid dienone is 2. The molecular formula is C17H13F3O. The summed E-state index contributed by atoms with van der Waals surface area (Å²) < 4.78 is 38.2. The van der Waals surface area contributed by atoms with Crippen molar-refractivity contribution < 1.29 is 18.0 Å². The van der Waals surface area contributed by atoms with Gasteiger partial charge in [-0.15, -0.1) is 0 Å². The molecule has 0 atom stereocenters. The Labute approximate surface area is 120 Å². The van der Waals surface area contributed by atoms with Gasteiger partial charge in [-0.1, -0.05) is 60.2 Å². The summed E-state index contributed by atoms with van der Waals surface area (Å²) in [5, 5.41) is 0. The molecular weight excluding hydrogens is 277 g/mol. The fraction of sp³-hybridized carbons (Fsp3) is 0.118. The van der Waals surface area contributed by atoms with Gasteiger partial charge in [-0.05, 0) is 12.5 Å². The van der Waals surface area contributed by atoms with E-state index in [1.54, 1.807) is 43.3 Å². The molecule has 0 spiro atoms. The third kappa shape index (κ3) is 4.05. The first-order valence-electron chi connectivity index (χ1n) is 6.33. The Morgan fingerprint density at radius 3 is 2.14 bits per heavy atom. The lowest BCUT2D eigenvalue weighted by Gasteiger charge is -2.10. The second kappa shape index (κ2) is 5.95. The predicted molar refractivity (Wildman–Crippen MR) is 76.0 cm³/mol. The number of halogens is 3. The maximum absolute atomic E-state index is 12.7. The van der Waals surface area contributed by atoms with Crippen molar-refractivity contribution >= 4 is 11.4 Å². The zero-order valence-electron chi connectivity index (χ0n) is 11.3. The normalized spacial score (nSPS) is 12.3. The second-order valence-corrected chi connectivity index (χ2v) is 4.66. The quantitative estimate of drug-likeness (QED) is 0.585. The van der Waals surface area contributed by atoms with Crippen molar-refractivity contribution in [1.29, 1.82) is 0 Å². The molecule has 0 saturated carbocycles. The standard InChI is InChI=1S/C17H13F3O/c1-12-6-5-9-14(10-12)15(11-17(18,19)20)16(21)13-7-3-2-4-8-13/h2-11H,1H3. The monoisotopic (exact) mass is 290 g/mol. The zero-order chi connectivity index (χ0) is 15.5. The average molecular weight is 290 g/mol. The van der Waals surface area contributed by atoms with Gasteiger partial charge in [0.25, 0.3) is 0 Å². The number of carbonyl (C=O) groups excluding carboxylic acids is 1. The van der Waals surface area contributed by atoms with Gasteiger partial charge in [0.2, 0.25) is 0 Å². The van der Waals surface area contributed by atoms with Crippen LogP contribution in [0.4, 0.5) is 13.2 Å². The number of hydrogen-bond donors (Lipinski definition) is 0. The molecule has 1 nitrogen and oxygen atoms in total. The first kappa shape index (κ1) is 15.0. The van der Waals surface area contributed by atoms with E-state index >= 15 is 0 Å². The predicted octanol–water partition coefficient (Wildman–Crippen LogP) is 4.82. The molecule has 4 heteroatoms. The average Bonchev–Trinajstić information content (AvgIpc) is 2.44. The minimum atomic E-state index is -4.55. The first-order valence-corrected chi connectivity index (χ1v) is 6.33. The van der Waals surface area contributed by atoms with Crippen LogP contribution in [-0.2, 0) is 0 Å². The van der Waals surface area contributed by atoms with Crippen LogP contribution in [-0.4, -0.2) is 12.0 Å². The van der Waals surface area contributed by atoms with Crippen LogP contribution < -0.4 is 0 Å². The Hall–Kier alpha value is -2.36. The van der Waals surface area contributed by atoms with Gasteiger partial charge in [0, 0.05) is 17.2 Å². The summed E-state index contributed by atoms with van der Waals surface area (Å²) in [7, 11) is 0. The Balaban J connectivity index is 2.53. The van der Waals surface area contributed by atoms with E-state index in [0.717, 1.165) is 5.56 Å². The Kier molecular flexibility index (Phi) is 4.26. The summed E-state index contributed by atoms with van der Waals surface area (Å²) in [6, 6.07) is 14.4. The number of Topliss-reactive ketones (excluding diaryl/α,β-unsaturated/α-hetero) is 1. The molecule has 0 heterocycles. The maximum atomic E-state index is 12.7. The number of alkyl halides is 3. The Bertz CT molecular complexity index is 670. The highest BCUT2D eigenvalue weighted by molar-refractivity contribution is 6.29. The summed E-state index contributed by atoms with van der Waals surface area (Å²) in [4.78, 5) is 12.4. The van der Waals surface area contributed by atoms with Crippen molar-refractivity contribution in [2.24, 2.45) is 0 Å². The molecule has 0 aliphatic carbocycles. The van der Waals surface area contributed by atoms with Crippen LogP contribution in [0.1, 0.15) is 21.5 Å². The van der Waals surface area contributed by atoms with E-state index in [4.69, 9.17) is 0 Å². The van der Waals surface area contributed by atoms with Crippen LogP contribution in [0, 0.1) is 6.92 Å². The highest BCUT2D eigenvalue weighted by Gasteiger charge is 2.28. The van der Waals surface area contributed by atoms with Gasteiger partial charge in [-0.25, -0.2) is 0 Å².